The fraction of sp³-hybridized carbons (Fsp3) is 0.923. The van der Waals surface area contributed by atoms with Crippen LogP contribution in [0.1, 0.15) is 34.1 Å². The second kappa shape index (κ2) is 6.38. The third kappa shape index (κ3) is 5.23. The van der Waals surface area contributed by atoms with Crippen molar-refractivity contribution in [2.45, 2.75) is 51.8 Å². The molecule has 5 nitrogen and oxygen atoms in total. The van der Waals surface area contributed by atoms with Gasteiger partial charge in [-0.05, 0) is 34.1 Å². The van der Waals surface area contributed by atoms with Gasteiger partial charge in [0.15, 0.2) is 0 Å². The van der Waals surface area contributed by atoms with Crippen LogP contribution in [-0.4, -0.2) is 55.5 Å². The molecule has 0 aliphatic carbocycles. The quantitative estimate of drug-likeness (QED) is 0.832. The number of carbonyl (C=O) groups is 1. The van der Waals surface area contributed by atoms with Gasteiger partial charge < -0.3 is 19.7 Å². The number of carbonyl (C=O) groups excluding carboxylic acids is 1. The molecule has 1 aliphatic heterocycles. The highest BCUT2D eigenvalue weighted by Crippen LogP contribution is 2.15. The van der Waals surface area contributed by atoms with Gasteiger partial charge in [-0.1, -0.05) is 0 Å². The van der Waals surface area contributed by atoms with Crippen LogP contribution >= 0.6 is 0 Å². The molecular weight excluding hydrogens is 232 g/mol. The van der Waals surface area contributed by atoms with E-state index in [2.05, 4.69) is 12.2 Å². The Morgan fingerprint density at radius 1 is 1.50 bits per heavy atom. The molecule has 2 atom stereocenters. The van der Waals surface area contributed by atoms with Crippen LogP contribution in [0.3, 0.4) is 0 Å². The topological polar surface area (TPSA) is 50.8 Å². The van der Waals surface area contributed by atoms with E-state index in [-0.39, 0.29) is 6.09 Å². The number of hydrogen-bond donors (Lipinski definition) is 1. The minimum absolute atomic E-state index is 0.216. The molecule has 1 amide bonds. The zero-order chi connectivity index (χ0) is 13.8. The van der Waals surface area contributed by atoms with Gasteiger partial charge in [0.25, 0.3) is 0 Å². The summed E-state index contributed by atoms with van der Waals surface area (Å²) in [5, 5.41) is 3.45. The van der Waals surface area contributed by atoms with Crippen LogP contribution in [0, 0.1) is 0 Å². The molecule has 0 bridgehead atoms. The van der Waals surface area contributed by atoms with Gasteiger partial charge in [-0.3, -0.25) is 0 Å². The second-order valence-corrected chi connectivity index (χ2v) is 5.94. The van der Waals surface area contributed by atoms with Gasteiger partial charge in [0.1, 0.15) is 5.60 Å². The van der Waals surface area contributed by atoms with Crippen LogP contribution in [0.5, 0.6) is 0 Å². The van der Waals surface area contributed by atoms with E-state index in [4.69, 9.17) is 9.47 Å². The van der Waals surface area contributed by atoms with Crippen molar-refractivity contribution in [3.63, 3.8) is 0 Å². The van der Waals surface area contributed by atoms with Crippen molar-refractivity contribution in [3.8, 4) is 0 Å². The van der Waals surface area contributed by atoms with Gasteiger partial charge in [-0.25, -0.2) is 4.79 Å². The Balaban J connectivity index is 2.34. The van der Waals surface area contributed by atoms with Gasteiger partial charge in [0, 0.05) is 32.3 Å². The largest absolute Gasteiger partial charge is 0.444 e. The zero-order valence-electron chi connectivity index (χ0n) is 12.2. The molecule has 2 unspecified atom stereocenters. The van der Waals surface area contributed by atoms with Crippen LogP contribution in [0.4, 0.5) is 4.79 Å². The zero-order valence-corrected chi connectivity index (χ0v) is 12.2. The lowest BCUT2D eigenvalue weighted by atomic mass is 10.2. The summed E-state index contributed by atoms with van der Waals surface area (Å²) in [5.74, 6) is 0. The van der Waals surface area contributed by atoms with Crippen molar-refractivity contribution >= 4 is 6.09 Å². The van der Waals surface area contributed by atoms with Crippen LogP contribution in [0.2, 0.25) is 0 Å². The van der Waals surface area contributed by atoms with E-state index in [9.17, 15) is 4.79 Å². The van der Waals surface area contributed by atoms with E-state index in [0.29, 0.717) is 25.2 Å². The molecule has 1 heterocycles. The Morgan fingerprint density at radius 2 is 2.17 bits per heavy atom. The average Bonchev–Trinajstić information content (AvgIpc) is 2.63. The molecule has 5 heteroatoms. The van der Waals surface area contributed by atoms with Crippen LogP contribution < -0.4 is 5.32 Å². The molecule has 106 valence electrons. The van der Waals surface area contributed by atoms with Gasteiger partial charge >= 0.3 is 6.09 Å². The van der Waals surface area contributed by atoms with Crippen molar-refractivity contribution in [2.75, 3.05) is 26.8 Å². The van der Waals surface area contributed by atoms with E-state index in [0.717, 1.165) is 13.0 Å². The molecule has 1 fully saturated rings. The van der Waals surface area contributed by atoms with E-state index < -0.39 is 5.60 Å². The lowest BCUT2D eigenvalue weighted by Gasteiger charge is -2.25. The fourth-order valence-corrected chi connectivity index (χ4v) is 2.09. The van der Waals surface area contributed by atoms with E-state index in [1.807, 2.05) is 20.8 Å². The number of likely N-dealkylation sites (tertiary alicyclic amines) is 1. The molecule has 1 saturated heterocycles. The molecule has 1 N–H and O–H groups in total. The summed E-state index contributed by atoms with van der Waals surface area (Å²) in [6, 6.07) is 0.640. The smallest absolute Gasteiger partial charge is 0.410 e. The summed E-state index contributed by atoms with van der Waals surface area (Å²) in [6.07, 6.45) is 0.749. The third-order valence-corrected chi connectivity index (χ3v) is 2.78. The lowest BCUT2D eigenvalue weighted by molar-refractivity contribution is 0.0290. The predicted molar refractivity (Wildman–Crippen MR) is 70.7 cm³/mol. The first-order chi connectivity index (χ1) is 8.31. The maximum absolute atomic E-state index is 11.9. The first-order valence-corrected chi connectivity index (χ1v) is 6.54. The lowest BCUT2D eigenvalue weighted by Crippen LogP contribution is -2.42. The molecule has 0 aromatic heterocycles. The summed E-state index contributed by atoms with van der Waals surface area (Å²) in [6.45, 7) is 9.89. The maximum atomic E-state index is 11.9. The highest BCUT2D eigenvalue weighted by atomic mass is 16.6. The number of nitrogens with one attached hydrogen (secondary N) is 1. The predicted octanol–water partition coefficient (Wildman–Crippen LogP) is 1.62. The van der Waals surface area contributed by atoms with Crippen molar-refractivity contribution in [3.05, 3.63) is 0 Å². The Hall–Kier alpha value is -0.810. The molecule has 18 heavy (non-hydrogen) atoms. The highest BCUT2D eigenvalue weighted by Gasteiger charge is 2.30. The Labute approximate surface area is 110 Å². The summed E-state index contributed by atoms with van der Waals surface area (Å²) in [4.78, 5) is 13.6. The van der Waals surface area contributed by atoms with Gasteiger partial charge in [0.2, 0.25) is 0 Å². The van der Waals surface area contributed by atoms with E-state index in [1.165, 1.54) is 0 Å². The number of ether oxygens (including phenoxy) is 2. The van der Waals surface area contributed by atoms with E-state index in [1.54, 1.807) is 12.0 Å². The van der Waals surface area contributed by atoms with E-state index >= 15 is 0 Å². The Morgan fingerprint density at radius 3 is 2.72 bits per heavy atom. The standard InChI is InChI=1S/C13H26N2O3/c1-10(9-17-5)14-11-6-7-15(8-11)12(16)18-13(2,3)4/h10-11,14H,6-9H2,1-5H3. The SMILES string of the molecule is COCC(C)NC1CCN(C(=O)OC(C)(C)C)C1. The minimum Gasteiger partial charge on any atom is -0.444 e. The minimum atomic E-state index is -0.425. The number of nitrogens with zero attached hydrogens (tertiary/aromatic N) is 1. The van der Waals surface area contributed by atoms with Crippen LogP contribution in [0.25, 0.3) is 0 Å². The number of hydrogen-bond acceptors (Lipinski definition) is 4. The third-order valence-electron chi connectivity index (χ3n) is 2.78. The summed E-state index contributed by atoms with van der Waals surface area (Å²) in [5.41, 5.74) is -0.425. The fourth-order valence-electron chi connectivity index (χ4n) is 2.09. The average molecular weight is 258 g/mol. The van der Waals surface area contributed by atoms with Gasteiger partial charge in [-0.15, -0.1) is 0 Å². The Bertz CT molecular complexity index is 276. The number of methoxy groups -OCH3 is 1. The van der Waals surface area contributed by atoms with Gasteiger partial charge in [-0.2, -0.15) is 0 Å². The molecular formula is C13H26N2O3. The monoisotopic (exact) mass is 258 g/mol. The summed E-state index contributed by atoms with van der Waals surface area (Å²) < 4.78 is 10.4. The van der Waals surface area contributed by atoms with Crippen LogP contribution in [0.15, 0.2) is 0 Å². The molecule has 0 aromatic rings. The first-order valence-electron chi connectivity index (χ1n) is 6.54. The molecule has 0 saturated carbocycles. The number of rotatable bonds is 4. The van der Waals surface area contributed by atoms with Crippen molar-refractivity contribution in [1.82, 2.24) is 10.2 Å². The van der Waals surface area contributed by atoms with Gasteiger partial charge in [0.05, 0.1) is 6.61 Å². The van der Waals surface area contributed by atoms with Crippen LogP contribution in [-0.2, 0) is 9.47 Å². The highest BCUT2D eigenvalue weighted by molar-refractivity contribution is 5.68. The second-order valence-electron chi connectivity index (χ2n) is 5.94. The Kier molecular flexibility index (Phi) is 5.41. The van der Waals surface area contributed by atoms with Crippen molar-refractivity contribution in [1.29, 1.82) is 0 Å². The van der Waals surface area contributed by atoms with Crippen molar-refractivity contribution in [2.24, 2.45) is 0 Å². The van der Waals surface area contributed by atoms with Crippen molar-refractivity contribution < 1.29 is 14.3 Å². The molecule has 1 aliphatic rings. The summed E-state index contributed by atoms with van der Waals surface area (Å²) >= 11 is 0. The molecule has 1 rings (SSSR count). The molecule has 0 spiro atoms. The molecule has 0 aromatic carbocycles. The number of amides is 1. The maximum Gasteiger partial charge on any atom is 0.410 e. The summed E-state index contributed by atoms with van der Waals surface area (Å²) in [7, 11) is 1.69. The first kappa shape index (κ1) is 15.2. The normalized spacial score (nSPS) is 22.1. The molecule has 0 radical (unpaired) electrons.